The van der Waals surface area contributed by atoms with Gasteiger partial charge in [0.25, 0.3) is 0 Å². The van der Waals surface area contributed by atoms with Crippen LogP contribution in [0.15, 0.2) is 115 Å². The molecule has 0 spiro atoms. The van der Waals surface area contributed by atoms with Crippen molar-refractivity contribution < 1.29 is 23.9 Å². The Kier molecular flexibility index (Phi) is 10.5. The minimum Gasteiger partial charge on any atom is -0.489 e. The second-order valence-corrected chi connectivity index (χ2v) is 9.54. The maximum absolute atomic E-state index is 13.4. The molecule has 3 amide bonds. The van der Waals surface area contributed by atoms with E-state index in [2.05, 4.69) is 10.6 Å². The van der Waals surface area contributed by atoms with E-state index >= 15 is 0 Å². The van der Waals surface area contributed by atoms with E-state index in [1.807, 2.05) is 115 Å². The molecule has 0 heterocycles. The number of nitrogens with two attached hydrogens (primary N) is 1. The summed E-state index contributed by atoms with van der Waals surface area (Å²) >= 11 is 0. The molecule has 0 fully saturated rings. The Hall–Kier alpha value is -5.11. The second-order valence-electron chi connectivity index (χ2n) is 9.54. The van der Waals surface area contributed by atoms with E-state index in [4.69, 9.17) is 15.2 Å². The van der Waals surface area contributed by atoms with Gasteiger partial charge in [0.05, 0.1) is 0 Å². The number of carbonyl (C=O) groups excluding carboxylic acids is 3. The van der Waals surface area contributed by atoms with Crippen LogP contribution in [0.3, 0.4) is 0 Å². The fraction of sp³-hybridized carbons (Fsp3) is 0.182. The summed E-state index contributed by atoms with van der Waals surface area (Å²) in [5, 5.41) is 5.36. The van der Waals surface area contributed by atoms with Gasteiger partial charge in [-0.15, -0.1) is 0 Å². The Labute approximate surface area is 239 Å². The van der Waals surface area contributed by atoms with Crippen LogP contribution in [-0.2, 0) is 40.4 Å². The van der Waals surface area contributed by atoms with Gasteiger partial charge in [0.1, 0.15) is 31.0 Å². The van der Waals surface area contributed by atoms with Gasteiger partial charge in [0.15, 0.2) is 0 Å². The van der Waals surface area contributed by atoms with Crippen LogP contribution in [-0.4, -0.2) is 30.0 Å². The fourth-order valence-corrected chi connectivity index (χ4v) is 4.20. The Morgan fingerprint density at radius 2 is 1.15 bits per heavy atom. The molecular formula is C33H33N3O5. The molecule has 0 aliphatic heterocycles. The minimum atomic E-state index is -1.01. The van der Waals surface area contributed by atoms with E-state index in [9.17, 15) is 14.4 Å². The molecule has 4 rings (SSSR count). The molecule has 0 aliphatic rings. The van der Waals surface area contributed by atoms with Crippen molar-refractivity contribution in [2.45, 2.75) is 38.1 Å². The highest BCUT2D eigenvalue weighted by atomic mass is 16.5. The molecule has 0 saturated carbocycles. The molecule has 0 saturated heterocycles. The first-order chi connectivity index (χ1) is 20.0. The fourth-order valence-electron chi connectivity index (χ4n) is 4.20. The van der Waals surface area contributed by atoms with Crippen molar-refractivity contribution in [2.75, 3.05) is 0 Å². The number of hydrogen-bond donors (Lipinski definition) is 3. The predicted molar refractivity (Wildman–Crippen MR) is 156 cm³/mol. The number of nitrogens with one attached hydrogen (secondary N) is 2. The average Bonchev–Trinajstić information content (AvgIpc) is 3.00. The summed E-state index contributed by atoms with van der Waals surface area (Å²) in [6, 6.07) is 33.5. The van der Waals surface area contributed by atoms with E-state index in [0.717, 1.165) is 22.3 Å². The van der Waals surface area contributed by atoms with Crippen LogP contribution in [0.2, 0.25) is 0 Å². The van der Waals surface area contributed by atoms with E-state index in [1.54, 1.807) is 0 Å². The maximum atomic E-state index is 13.4. The maximum Gasteiger partial charge on any atom is 0.408 e. The van der Waals surface area contributed by atoms with Gasteiger partial charge < -0.3 is 25.8 Å². The van der Waals surface area contributed by atoms with Gasteiger partial charge in [-0.3, -0.25) is 9.59 Å². The lowest BCUT2D eigenvalue weighted by molar-refractivity contribution is -0.128. The number of primary amides is 1. The lowest BCUT2D eigenvalue weighted by atomic mass is 10.0. The molecule has 4 aromatic carbocycles. The summed E-state index contributed by atoms with van der Waals surface area (Å²) in [5.74, 6) is -0.615. The first-order valence-corrected chi connectivity index (χ1v) is 13.3. The van der Waals surface area contributed by atoms with Crippen LogP contribution in [0.25, 0.3) is 0 Å². The van der Waals surface area contributed by atoms with Crippen molar-refractivity contribution in [3.05, 3.63) is 138 Å². The third-order valence-electron chi connectivity index (χ3n) is 6.35. The Morgan fingerprint density at radius 1 is 0.610 bits per heavy atom. The molecule has 4 N–H and O–H groups in total. The molecule has 0 aliphatic carbocycles. The second kappa shape index (κ2) is 14.9. The SMILES string of the molecule is NC(=O)[C@@H](Cc1cccc(OCc2ccccc2)c1)NC(=O)[C@H](Cc1ccccc1)NC(=O)OCc1ccccc1. The standard InChI is InChI=1S/C33H33N3O5/c34-31(37)29(21-27-17-10-18-28(19-27)40-22-25-13-6-2-7-14-25)35-32(38)30(20-24-11-4-1-5-12-24)36-33(39)41-23-26-15-8-3-9-16-26/h1-19,29-30H,20-23H2,(H2,34,37)(H,35,38)(H,36,39)/t29-,30+/m1/s1. The van der Waals surface area contributed by atoms with Crippen molar-refractivity contribution in [1.82, 2.24) is 10.6 Å². The van der Waals surface area contributed by atoms with Gasteiger partial charge in [0.2, 0.25) is 11.8 Å². The molecule has 0 aromatic heterocycles. The van der Waals surface area contributed by atoms with E-state index < -0.39 is 30.0 Å². The molecule has 2 atom stereocenters. The van der Waals surface area contributed by atoms with Crippen LogP contribution in [0, 0.1) is 0 Å². The smallest absolute Gasteiger partial charge is 0.408 e. The minimum absolute atomic E-state index is 0.0545. The van der Waals surface area contributed by atoms with Crippen molar-refractivity contribution in [1.29, 1.82) is 0 Å². The van der Waals surface area contributed by atoms with Crippen LogP contribution < -0.4 is 21.1 Å². The quantitative estimate of drug-likeness (QED) is 0.229. The van der Waals surface area contributed by atoms with Gasteiger partial charge in [-0.1, -0.05) is 103 Å². The highest BCUT2D eigenvalue weighted by Gasteiger charge is 2.27. The summed E-state index contributed by atoms with van der Waals surface area (Å²) in [7, 11) is 0. The number of carbonyl (C=O) groups is 3. The zero-order valence-corrected chi connectivity index (χ0v) is 22.6. The first kappa shape index (κ1) is 28.9. The number of amides is 3. The molecule has 210 valence electrons. The first-order valence-electron chi connectivity index (χ1n) is 13.3. The molecular weight excluding hydrogens is 518 g/mol. The van der Waals surface area contributed by atoms with Crippen molar-refractivity contribution >= 4 is 17.9 Å². The zero-order valence-electron chi connectivity index (χ0n) is 22.6. The van der Waals surface area contributed by atoms with Crippen molar-refractivity contribution in [3.63, 3.8) is 0 Å². The van der Waals surface area contributed by atoms with E-state index in [1.165, 1.54) is 0 Å². The van der Waals surface area contributed by atoms with Crippen LogP contribution in [0.4, 0.5) is 4.79 Å². The molecule has 8 heteroatoms. The molecule has 0 radical (unpaired) electrons. The summed E-state index contributed by atoms with van der Waals surface area (Å²) < 4.78 is 11.2. The highest BCUT2D eigenvalue weighted by molar-refractivity contribution is 5.91. The van der Waals surface area contributed by atoms with E-state index in [-0.39, 0.29) is 19.4 Å². The number of alkyl carbamates (subject to hydrolysis) is 1. The number of benzene rings is 4. The van der Waals surface area contributed by atoms with Crippen LogP contribution in [0.5, 0.6) is 5.75 Å². The Bertz CT molecular complexity index is 1410. The number of hydrogen-bond acceptors (Lipinski definition) is 5. The Balaban J connectivity index is 1.40. The normalized spacial score (nSPS) is 12.0. The van der Waals surface area contributed by atoms with Gasteiger partial charge >= 0.3 is 6.09 Å². The lowest BCUT2D eigenvalue weighted by Gasteiger charge is -2.22. The predicted octanol–water partition coefficient (Wildman–Crippen LogP) is 4.32. The lowest BCUT2D eigenvalue weighted by Crippen LogP contribution is -2.54. The zero-order chi connectivity index (χ0) is 28.9. The van der Waals surface area contributed by atoms with E-state index in [0.29, 0.717) is 12.4 Å². The highest BCUT2D eigenvalue weighted by Crippen LogP contribution is 2.17. The van der Waals surface area contributed by atoms with Gasteiger partial charge in [-0.05, 0) is 34.4 Å². The monoisotopic (exact) mass is 551 g/mol. The van der Waals surface area contributed by atoms with Gasteiger partial charge in [-0.2, -0.15) is 0 Å². The number of rotatable bonds is 13. The van der Waals surface area contributed by atoms with Crippen molar-refractivity contribution in [3.8, 4) is 5.75 Å². The molecule has 0 unspecified atom stereocenters. The molecule has 41 heavy (non-hydrogen) atoms. The summed E-state index contributed by atoms with van der Waals surface area (Å²) in [6.07, 6.45) is -0.398. The average molecular weight is 552 g/mol. The van der Waals surface area contributed by atoms with Gasteiger partial charge in [0, 0.05) is 12.8 Å². The third kappa shape index (κ3) is 9.54. The van der Waals surface area contributed by atoms with Crippen LogP contribution >= 0.6 is 0 Å². The summed E-state index contributed by atoms with van der Waals surface area (Å²) in [6.45, 7) is 0.451. The largest absolute Gasteiger partial charge is 0.489 e. The molecule has 0 bridgehead atoms. The molecule has 8 nitrogen and oxygen atoms in total. The summed E-state index contributed by atoms with van der Waals surface area (Å²) in [5.41, 5.74) is 9.10. The third-order valence-corrected chi connectivity index (χ3v) is 6.35. The molecule has 4 aromatic rings. The summed E-state index contributed by atoms with van der Waals surface area (Å²) in [4.78, 5) is 38.4. The van der Waals surface area contributed by atoms with Crippen LogP contribution in [0.1, 0.15) is 22.3 Å². The Morgan fingerprint density at radius 3 is 1.76 bits per heavy atom. The van der Waals surface area contributed by atoms with Gasteiger partial charge in [-0.25, -0.2) is 4.79 Å². The van der Waals surface area contributed by atoms with Crippen molar-refractivity contribution in [2.24, 2.45) is 5.73 Å². The topological polar surface area (TPSA) is 120 Å². The number of ether oxygens (including phenoxy) is 2.